The van der Waals surface area contributed by atoms with Crippen molar-refractivity contribution >= 4 is 35.8 Å². The molecule has 0 aromatic heterocycles. The molecule has 170 valence electrons. The van der Waals surface area contributed by atoms with Crippen molar-refractivity contribution < 1.29 is 14.3 Å². The third kappa shape index (κ3) is 9.86. The van der Waals surface area contributed by atoms with Crippen LogP contribution in [0.15, 0.2) is 29.3 Å². The monoisotopic (exact) mass is 532 g/mol. The van der Waals surface area contributed by atoms with Crippen molar-refractivity contribution in [1.82, 2.24) is 15.5 Å². The second-order valence-electron chi connectivity index (χ2n) is 7.30. The van der Waals surface area contributed by atoms with Crippen molar-refractivity contribution in [2.45, 2.75) is 52.1 Å². The fourth-order valence-corrected chi connectivity index (χ4v) is 3.24. The third-order valence-electron chi connectivity index (χ3n) is 4.82. The van der Waals surface area contributed by atoms with E-state index in [9.17, 15) is 4.79 Å². The lowest BCUT2D eigenvalue weighted by molar-refractivity contribution is -0.130. The molecule has 0 bridgehead atoms. The van der Waals surface area contributed by atoms with Crippen molar-refractivity contribution in [2.75, 3.05) is 39.8 Å². The molecule has 2 N–H and O–H groups in total. The average Bonchev–Trinajstić information content (AvgIpc) is 2.94. The lowest BCUT2D eigenvalue weighted by Crippen LogP contribution is -2.40. The van der Waals surface area contributed by atoms with Gasteiger partial charge in [0.1, 0.15) is 17.6 Å². The summed E-state index contributed by atoms with van der Waals surface area (Å²) in [4.78, 5) is 18.7. The molecular formula is C22H37IN4O3. The lowest BCUT2D eigenvalue weighted by Gasteiger charge is -2.21. The standard InChI is InChI=1S/C22H36N4O3.HI/c1-4-23-22(24-14-8-16-26-15-7-5-6-9-21(26)27)25-17-18(2)29-20-12-10-19(28-3)11-13-20;/h10-13,18H,4-9,14-17H2,1-3H3,(H2,23,24,25);1H. The number of carbonyl (C=O) groups excluding carboxylic acids is 1. The van der Waals surface area contributed by atoms with Gasteiger partial charge >= 0.3 is 0 Å². The number of amides is 1. The Labute approximate surface area is 198 Å². The number of hydrogen-bond acceptors (Lipinski definition) is 4. The molecule has 1 aromatic carbocycles. The summed E-state index contributed by atoms with van der Waals surface area (Å²) in [6.07, 6.45) is 4.87. The number of nitrogens with zero attached hydrogens (tertiary/aromatic N) is 2. The van der Waals surface area contributed by atoms with Crippen LogP contribution in [0.1, 0.15) is 46.0 Å². The summed E-state index contributed by atoms with van der Waals surface area (Å²) in [5, 5.41) is 6.61. The first-order valence-corrected chi connectivity index (χ1v) is 10.7. The summed E-state index contributed by atoms with van der Waals surface area (Å²) >= 11 is 0. The van der Waals surface area contributed by atoms with Crippen LogP contribution < -0.4 is 20.1 Å². The Morgan fingerprint density at radius 1 is 1.17 bits per heavy atom. The second-order valence-corrected chi connectivity index (χ2v) is 7.30. The van der Waals surface area contributed by atoms with Crippen molar-refractivity contribution in [3.63, 3.8) is 0 Å². The summed E-state index contributed by atoms with van der Waals surface area (Å²) in [5.74, 6) is 2.68. The number of aliphatic imine (C=N–C) groups is 1. The highest BCUT2D eigenvalue weighted by Crippen LogP contribution is 2.18. The molecule has 7 nitrogen and oxygen atoms in total. The van der Waals surface area contributed by atoms with E-state index in [4.69, 9.17) is 9.47 Å². The van der Waals surface area contributed by atoms with Crippen LogP contribution in [0, 0.1) is 0 Å². The van der Waals surface area contributed by atoms with Gasteiger partial charge in [-0.15, -0.1) is 24.0 Å². The molecule has 0 aliphatic carbocycles. The fraction of sp³-hybridized carbons (Fsp3) is 0.636. The smallest absolute Gasteiger partial charge is 0.222 e. The van der Waals surface area contributed by atoms with Crippen LogP contribution in [0.25, 0.3) is 0 Å². The van der Waals surface area contributed by atoms with E-state index in [0.29, 0.717) is 18.9 Å². The van der Waals surface area contributed by atoms with Gasteiger partial charge in [-0.25, -0.2) is 4.99 Å². The largest absolute Gasteiger partial charge is 0.497 e. The average molecular weight is 532 g/mol. The van der Waals surface area contributed by atoms with Gasteiger partial charge in [-0.3, -0.25) is 4.79 Å². The van der Waals surface area contributed by atoms with Gasteiger partial charge in [0, 0.05) is 32.6 Å². The Bertz CT molecular complexity index is 640. The van der Waals surface area contributed by atoms with Gasteiger partial charge in [-0.2, -0.15) is 0 Å². The normalized spacial score (nSPS) is 15.6. The van der Waals surface area contributed by atoms with E-state index >= 15 is 0 Å². The first kappa shape index (κ1) is 26.3. The first-order chi connectivity index (χ1) is 14.1. The number of hydrogen-bond donors (Lipinski definition) is 2. The van der Waals surface area contributed by atoms with Crippen LogP contribution in [0.3, 0.4) is 0 Å². The molecule has 1 amide bonds. The highest BCUT2D eigenvalue weighted by molar-refractivity contribution is 14.0. The highest BCUT2D eigenvalue weighted by Gasteiger charge is 2.15. The predicted molar refractivity (Wildman–Crippen MR) is 132 cm³/mol. The molecule has 0 saturated carbocycles. The van der Waals surface area contributed by atoms with E-state index in [1.165, 1.54) is 0 Å². The Morgan fingerprint density at radius 3 is 2.60 bits per heavy atom. The van der Waals surface area contributed by atoms with E-state index in [2.05, 4.69) is 15.6 Å². The van der Waals surface area contributed by atoms with Gasteiger partial charge < -0.3 is 25.0 Å². The molecule has 1 unspecified atom stereocenters. The summed E-state index contributed by atoms with van der Waals surface area (Å²) < 4.78 is 11.1. The maximum absolute atomic E-state index is 12.1. The quantitative estimate of drug-likeness (QED) is 0.209. The SMILES string of the molecule is CCNC(=NCC(C)Oc1ccc(OC)cc1)NCCCN1CCCCCC1=O.I. The van der Waals surface area contributed by atoms with Crippen LogP contribution >= 0.6 is 24.0 Å². The predicted octanol–water partition coefficient (Wildman–Crippen LogP) is 3.43. The molecule has 0 spiro atoms. The summed E-state index contributed by atoms with van der Waals surface area (Å²) in [6, 6.07) is 7.55. The molecule has 1 aromatic rings. The number of guanidine groups is 1. The van der Waals surface area contributed by atoms with Crippen LogP contribution in [0.2, 0.25) is 0 Å². The van der Waals surface area contributed by atoms with Gasteiger partial charge in [-0.05, 0) is 57.4 Å². The van der Waals surface area contributed by atoms with Crippen LogP contribution in [-0.4, -0.2) is 62.7 Å². The second kappa shape index (κ2) is 15.1. The minimum Gasteiger partial charge on any atom is -0.497 e. The van der Waals surface area contributed by atoms with Crippen molar-refractivity contribution in [3.8, 4) is 11.5 Å². The summed E-state index contributed by atoms with van der Waals surface area (Å²) in [5.41, 5.74) is 0. The van der Waals surface area contributed by atoms with Crippen molar-refractivity contribution in [1.29, 1.82) is 0 Å². The lowest BCUT2D eigenvalue weighted by atomic mass is 10.2. The topological polar surface area (TPSA) is 75.2 Å². The molecule has 2 rings (SSSR count). The van der Waals surface area contributed by atoms with Gasteiger partial charge in [-0.1, -0.05) is 6.42 Å². The zero-order valence-electron chi connectivity index (χ0n) is 18.5. The van der Waals surface area contributed by atoms with Gasteiger partial charge in [0.25, 0.3) is 0 Å². The number of likely N-dealkylation sites (tertiary alicyclic amines) is 1. The van der Waals surface area contributed by atoms with E-state index in [1.54, 1.807) is 7.11 Å². The zero-order valence-corrected chi connectivity index (χ0v) is 20.8. The number of methoxy groups -OCH3 is 1. The van der Waals surface area contributed by atoms with E-state index in [-0.39, 0.29) is 30.1 Å². The Kier molecular flexibility index (Phi) is 13.3. The van der Waals surface area contributed by atoms with E-state index in [1.807, 2.05) is 43.0 Å². The van der Waals surface area contributed by atoms with Crippen LogP contribution in [0.5, 0.6) is 11.5 Å². The van der Waals surface area contributed by atoms with E-state index in [0.717, 1.165) is 69.3 Å². The fourth-order valence-electron chi connectivity index (χ4n) is 3.24. The maximum Gasteiger partial charge on any atom is 0.222 e. The molecule has 8 heteroatoms. The molecule has 0 radical (unpaired) electrons. The molecule has 1 saturated heterocycles. The maximum atomic E-state index is 12.1. The Morgan fingerprint density at radius 2 is 1.90 bits per heavy atom. The summed E-state index contributed by atoms with van der Waals surface area (Å²) in [7, 11) is 1.65. The molecule has 1 aliphatic heterocycles. The van der Waals surface area contributed by atoms with Gasteiger partial charge in [0.05, 0.1) is 13.7 Å². The number of rotatable bonds is 10. The highest BCUT2D eigenvalue weighted by atomic mass is 127. The van der Waals surface area contributed by atoms with Crippen molar-refractivity contribution in [2.24, 2.45) is 4.99 Å². The number of benzene rings is 1. The molecule has 1 heterocycles. The van der Waals surface area contributed by atoms with Crippen molar-refractivity contribution in [3.05, 3.63) is 24.3 Å². The Hall–Kier alpha value is -1.71. The zero-order chi connectivity index (χ0) is 20.9. The van der Waals surface area contributed by atoms with Crippen LogP contribution in [-0.2, 0) is 4.79 Å². The van der Waals surface area contributed by atoms with Crippen LogP contribution in [0.4, 0.5) is 0 Å². The minimum absolute atomic E-state index is 0. The van der Waals surface area contributed by atoms with E-state index < -0.39 is 0 Å². The number of nitrogens with one attached hydrogen (secondary N) is 2. The number of carbonyl (C=O) groups is 1. The molecule has 1 fully saturated rings. The minimum atomic E-state index is -0.0476. The Balaban J connectivity index is 0.00000450. The first-order valence-electron chi connectivity index (χ1n) is 10.7. The number of halogens is 1. The molecular weight excluding hydrogens is 495 g/mol. The van der Waals surface area contributed by atoms with Gasteiger partial charge in [0.15, 0.2) is 5.96 Å². The molecule has 30 heavy (non-hydrogen) atoms. The number of ether oxygens (including phenoxy) is 2. The summed E-state index contributed by atoms with van der Waals surface area (Å²) in [6.45, 7) is 7.88. The van der Waals surface area contributed by atoms with Gasteiger partial charge in [0.2, 0.25) is 5.91 Å². The third-order valence-corrected chi connectivity index (χ3v) is 4.82. The molecule has 1 aliphatic rings. The molecule has 1 atom stereocenters.